The molecule has 0 aromatic heterocycles. The number of allylic oxidation sites excluding steroid dienone is 3. The Hall–Kier alpha value is -0.760. The highest BCUT2D eigenvalue weighted by molar-refractivity contribution is 5.07. The molecule has 46 valence electrons. The van der Waals surface area contributed by atoms with E-state index >= 15 is 0 Å². The van der Waals surface area contributed by atoms with Crippen LogP contribution in [0, 0.1) is 0 Å². The van der Waals surface area contributed by atoms with Gasteiger partial charge in [-0.2, -0.15) is 0 Å². The first kappa shape index (κ1) is 7.24. The molecule has 0 heterocycles. The summed E-state index contributed by atoms with van der Waals surface area (Å²) in [7, 11) is 0. The van der Waals surface area contributed by atoms with Crippen molar-refractivity contribution in [2.75, 3.05) is 6.54 Å². The molecule has 0 aliphatic carbocycles. The summed E-state index contributed by atoms with van der Waals surface area (Å²) >= 11 is 0. The van der Waals surface area contributed by atoms with Crippen LogP contribution >= 0.6 is 0 Å². The molecule has 0 aromatic rings. The topological polar surface area (TPSA) is 52.0 Å². The van der Waals surface area contributed by atoms with Crippen LogP contribution < -0.4 is 11.5 Å². The highest BCUT2D eigenvalue weighted by Gasteiger charge is 1.67. The molecule has 0 radical (unpaired) electrons. The molecule has 0 aliphatic heterocycles. The Kier molecular flexibility index (Phi) is 3.98. The van der Waals surface area contributed by atoms with Crippen LogP contribution in [0.1, 0.15) is 6.92 Å². The molecule has 0 aromatic carbocycles. The lowest BCUT2D eigenvalue weighted by Crippen LogP contribution is -1.92. The normalized spacial score (nSPS) is 13.0. The smallest absolute Gasteiger partial charge is 0.0109 e. The third-order valence-corrected chi connectivity index (χ3v) is 0.631. The molecule has 0 saturated heterocycles. The van der Waals surface area contributed by atoms with E-state index in [9.17, 15) is 0 Å². The quantitative estimate of drug-likeness (QED) is 0.507. The molecule has 2 nitrogen and oxygen atoms in total. The number of rotatable bonds is 2. The van der Waals surface area contributed by atoms with Crippen molar-refractivity contribution < 1.29 is 0 Å². The highest BCUT2D eigenvalue weighted by atomic mass is 14.5. The van der Waals surface area contributed by atoms with Crippen LogP contribution in [0.15, 0.2) is 23.9 Å². The first-order valence-electron chi connectivity index (χ1n) is 2.56. The Morgan fingerprint density at radius 3 is 2.62 bits per heavy atom. The lowest BCUT2D eigenvalue weighted by atomic mass is 10.4. The van der Waals surface area contributed by atoms with E-state index in [1.165, 1.54) is 0 Å². The van der Waals surface area contributed by atoms with Crippen LogP contribution in [0.4, 0.5) is 0 Å². The van der Waals surface area contributed by atoms with E-state index < -0.39 is 0 Å². The van der Waals surface area contributed by atoms with Gasteiger partial charge < -0.3 is 11.5 Å². The molecule has 4 N–H and O–H groups in total. The third-order valence-electron chi connectivity index (χ3n) is 0.631. The van der Waals surface area contributed by atoms with Crippen LogP contribution in [0.5, 0.6) is 0 Å². The fourth-order valence-corrected chi connectivity index (χ4v) is 0.298. The summed E-state index contributed by atoms with van der Waals surface area (Å²) in [6.45, 7) is 2.41. The monoisotopic (exact) mass is 112 g/mol. The average molecular weight is 112 g/mol. The van der Waals surface area contributed by atoms with Gasteiger partial charge in [0.2, 0.25) is 0 Å². The van der Waals surface area contributed by atoms with Gasteiger partial charge in [-0.05, 0) is 13.0 Å². The summed E-state index contributed by atoms with van der Waals surface area (Å²) < 4.78 is 0. The second-order valence-electron chi connectivity index (χ2n) is 1.57. The Morgan fingerprint density at radius 1 is 1.62 bits per heavy atom. The Balaban J connectivity index is 3.42. The molecule has 0 atom stereocenters. The second kappa shape index (κ2) is 4.40. The van der Waals surface area contributed by atoms with Gasteiger partial charge in [-0.1, -0.05) is 12.2 Å². The van der Waals surface area contributed by atoms with E-state index in [4.69, 9.17) is 11.5 Å². The van der Waals surface area contributed by atoms with Crippen molar-refractivity contribution in [3.8, 4) is 0 Å². The Morgan fingerprint density at radius 2 is 2.25 bits per heavy atom. The second-order valence-corrected chi connectivity index (χ2v) is 1.57. The summed E-state index contributed by atoms with van der Waals surface area (Å²) in [4.78, 5) is 0. The van der Waals surface area contributed by atoms with E-state index in [-0.39, 0.29) is 0 Å². The van der Waals surface area contributed by atoms with Crippen LogP contribution in [0.25, 0.3) is 0 Å². The fourth-order valence-electron chi connectivity index (χ4n) is 0.298. The Labute approximate surface area is 49.9 Å². The minimum absolute atomic E-state index is 0.573. The zero-order valence-electron chi connectivity index (χ0n) is 5.09. The fraction of sp³-hybridized carbons (Fsp3) is 0.333. The SMILES string of the molecule is CC(N)=CC=CCN. The van der Waals surface area contributed by atoms with Crippen molar-refractivity contribution >= 4 is 0 Å². The van der Waals surface area contributed by atoms with Crippen LogP contribution in [0.3, 0.4) is 0 Å². The van der Waals surface area contributed by atoms with Crippen molar-refractivity contribution in [2.24, 2.45) is 11.5 Å². The predicted molar refractivity (Wildman–Crippen MR) is 36.1 cm³/mol. The van der Waals surface area contributed by atoms with E-state index in [2.05, 4.69) is 0 Å². The summed E-state index contributed by atoms with van der Waals surface area (Å²) in [6, 6.07) is 0. The van der Waals surface area contributed by atoms with Gasteiger partial charge in [0.25, 0.3) is 0 Å². The standard InChI is InChI=1S/C6H12N2/c1-6(8)4-2-3-5-7/h2-4H,5,7-8H2,1H3. The third kappa shape index (κ3) is 5.24. The molecule has 0 bridgehead atoms. The molecule has 0 spiro atoms. The molecule has 0 amide bonds. The molecular weight excluding hydrogens is 100 g/mol. The first-order chi connectivity index (χ1) is 3.77. The molecule has 0 saturated carbocycles. The number of nitrogens with two attached hydrogens (primary N) is 2. The van der Waals surface area contributed by atoms with Crippen LogP contribution in [0.2, 0.25) is 0 Å². The average Bonchev–Trinajstić information content (AvgIpc) is 1.66. The molecule has 0 fully saturated rings. The van der Waals surface area contributed by atoms with Gasteiger partial charge in [-0.15, -0.1) is 0 Å². The number of hydrogen-bond donors (Lipinski definition) is 2. The minimum atomic E-state index is 0.573. The van der Waals surface area contributed by atoms with Gasteiger partial charge in [0.05, 0.1) is 0 Å². The lowest BCUT2D eigenvalue weighted by Gasteiger charge is -1.81. The van der Waals surface area contributed by atoms with E-state index in [1.807, 2.05) is 25.2 Å². The zero-order valence-corrected chi connectivity index (χ0v) is 5.09. The van der Waals surface area contributed by atoms with Gasteiger partial charge in [-0.25, -0.2) is 0 Å². The highest BCUT2D eigenvalue weighted by Crippen LogP contribution is 1.79. The summed E-state index contributed by atoms with van der Waals surface area (Å²) in [6.07, 6.45) is 5.50. The van der Waals surface area contributed by atoms with Crippen molar-refractivity contribution in [2.45, 2.75) is 6.92 Å². The van der Waals surface area contributed by atoms with E-state index in [1.54, 1.807) is 0 Å². The van der Waals surface area contributed by atoms with Gasteiger partial charge >= 0.3 is 0 Å². The minimum Gasteiger partial charge on any atom is -0.402 e. The van der Waals surface area contributed by atoms with Gasteiger partial charge in [0, 0.05) is 12.2 Å². The van der Waals surface area contributed by atoms with Crippen LogP contribution in [-0.2, 0) is 0 Å². The molecule has 8 heavy (non-hydrogen) atoms. The summed E-state index contributed by atoms with van der Waals surface area (Å²) in [5.74, 6) is 0. The lowest BCUT2D eigenvalue weighted by molar-refractivity contribution is 1.25. The molecule has 0 unspecified atom stereocenters. The van der Waals surface area contributed by atoms with Crippen molar-refractivity contribution in [1.29, 1.82) is 0 Å². The number of hydrogen-bond acceptors (Lipinski definition) is 2. The summed E-state index contributed by atoms with van der Waals surface area (Å²) in [5.41, 5.74) is 11.3. The maximum Gasteiger partial charge on any atom is 0.0109 e. The van der Waals surface area contributed by atoms with Crippen molar-refractivity contribution in [3.05, 3.63) is 23.9 Å². The predicted octanol–water partition coefficient (Wildman–Crippen LogP) is 0.364. The molecule has 2 heteroatoms. The van der Waals surface area contributed by atoms with Gasteiger partial charge in [0.1, 0.15) is 0 Å². The van der Waals surface area contributed by atoms with Crippen molar-refractivity contribution in [3.63, 3.8) is 0 Å². The Bertz CT molecular complexity index is 99.1. The molecule has 0 rings (SSSR count). The van der Waals surface area contributed by atoms with Gasteiger partial charge in [0.15, 0.2) is 0 Å². The maximum atomic E-state index is 5.30. The van der Waals surface area contributed by atoms with Crippen molar-refractivity contribution in [1.82, 2.24) is 0 Å². The molecule has 0 aliphatic rings. The largest absolute Gasteiger partial charge is 0.402 e. The van der Waals surface area contributed by atoms with Crippen LogP contribution in [-0.4, -0.2) is 6.54 Å². The zero-order chi connectivity index (χ0) is 6.41. The molecular formula is C6H12N2. The van der Waals surface area contributed by atoms with E-state index in [0.29, 0.717) is 6.54 Å². The summed E-state index contributed by atoms with van der Waals surface area (Å²) in [5, 5.41) is 0. The maximum absolute atomic E-state index is 5.30. The van der Waals surface area contributed by atoms with Gasteiger partial charge in [-0.3, -0.25) is 0 Å². The first-order valence-corrected chi connectivity index (χ1v) is 2.56. The van der Waals surface area contributed by atoms with E-state index in [0.717, 1.165) is 5.70 Å².